The van der Waals surface area contributed by atoms with Crippen molar-refractivity contribution in [3.05, 3.63) is 35.4 Å². The van der Waals surface area contributed by atoms with E-state index in [0.717, 1.165) is 5.56 Å². The number of benzene rings is 1. The molecule has 1 aromatic carbocycles. The van der Waals surface area contributed by atoms with Crippen LogP contribution in [-0.4, -0.2) is 12.7 Å². The summed E-state index contributed by atoms with van der Waals surface area (Å²) in [5, 5.41) is 0. The predicted octanol–water partition coefficient (Wildman–Crippen LogP) is 3.24. The molecule has 2 nitrogen and oxygen atoms in total. The lowest BCUT2D eigenvalue weighted by Gasteiger charge is -2.11. The summed E-state index contributed by atoms with van der Waals surface area (Å²) in [7, 11) is 0. The van der Waals surface area contributed by atoms with Crippen LogP contribution in [0.3, 0.4) is 0 Å². The van der Waals surface area contributed by atoms with Gasteiger partial charge in [0.05, 0.1) is 12.7 Å². The van der Waals surface area contributed by atoms with Gasteiger partial charge in [0.25, 0.3) is 0 Å². The van der Waals surface area contributed by atoms with Gasteiger partial charge in [0.1, 0.15) is 0 Å². The van der Waals surface area contributed by atoms with Crippen LogP contribution in [0.15, 0.2) is 24.3 Å². The smallest absolute Gasteiger partial charge is 0.184 e. The van der Waals surface area contributed by atoms with E-state index in [2.05, 4.69) is 38.1 Å². The first-order chi connectivity index (χ1) is 7.16. The molecular formula is C13H18O2. The van der Waals surface area contributed by atoms with Gasteiger partial charge in [-0.2, -0.15) is 0 Å². The summed E-state index contributed by atoms with van der Waals surface area (Å²) in [6.45, 7) is 7.11. The summed E-state index contributed by atoms with van der Waals surface area (Å²) < 4.78 is 11.2. The topological polar surface area (TPSA) is 18.5 Å². The molecule has 0 aromatic heterocycles. The van der Waals surface area contributed by atoms with E-state index >= 15 is 0 Å². The zero-order valence-electron chi connectivity index (χ0n) is 9.57. The molecule has 15 heavy (non-hydrogen) atoms. The van der Waals surface area contributed by atoms with E-state index in [1.807, 2.05) is 6.92 Å². The third-order valence-corrected chi connectivity index (χ3v) is 2.71. The van der Waals surface area contributed by atoms with Crippen LogP contribution in [0.4, 0.5) is 0 Å². The SMILES string of the molecule is CC(C)c1ccc([C@@H]2OC[C@@H](C)O2)cc1. The number of hydrogen-bond acceptors (Lipinski definition) is 2. The van der Waals surface area contributed by atoms with Crippen LogP contribution in [0.1, 0.15) is 44.1 Å². The minimum atomic E-state index is -0.166. The van der Waals surface area contributed by atoms with Gasteiger partial charge in [-0.3, -0.25) is 0 Å². The van der Waals surface area contributed by atoms with Crippen molar-refractivity contribution in [2.24, 2.45) is 0 Å². The molecule has 1 saturated heterocycles. The molecule has 0 aliphatic carbocycles. The average molecular weight is 206 g/mol. The van der Waals surface area contributed by atoms with Crippen molar-refractivity contribution < 1.29 is 9.47 Å². The van der Waals surface area contributed by atoms with E-state index in [1.165, 1.54) is 5.56 Å². The van der Waals surface area contributed by atoms with E-state index in [9.17, 15) is 0 Å². The molecule has 0 bridgehead atoms. The van der Waals surface area contributed by atoms with E-state index in [0.29, 0.717) is 12.5 Å². The molecule has 1 fully saturated rings. The molecular weight excluding hydrogens is 188 g/mol. The quantitative estimate of drug-likeness (QED) is 0.739. The average Bonchev–Trinajstić information content (AvgIpc) is 2.65. The highest BCUT2D eigenvalue weighted by atomic mass is 16.7. The Kier molecular flexibility index (Phi) is 3.08. The Morgan fingerprint density at radius 1 is 1.20 bits per heavy atom. The van der Waals surface area contributed by atoms with Crippen LogP contribution in [0.5, 0.6) is 0 Å². The fourth-order valence-electron chi connectivity index (χ4n) is 1.73. The van der Waals surface area contributed by atoms with E-state index in [-0.39, 0.29) is 12.4 Å². The van der Waals surface area contributed by atoms with E-state index in [1.54, 1.807) is 0 Å². The lowest BCUT2D eigenvalue weighted by atomic mass is 10.0. The highest BCUT2D eigenvalue weighted by Crippen LogP contribution is 2.27. The van der Waals surface area contributed by atoms with Crippen LogP contribution < -0.4 is 0 Å². The van der Waals surface area contributed by atoms with Crippen molar-refractivity contribution in [2.45, 2.75) is 39.1 Å². The molecule has 0 unspecified atom stereocenters. The van der Waals surface area contributed by atoms with Gasteiger partial charge in [0, 0.05) is 5.56 Å². The van der Waals surface area contributed by atoms with Gasteiger partial charge in [0.2, 0.25) is 0 Å². The Labute approximate surface area is 91.2 Å². The van der Waals surface area contributed by atoms with Crippen molar-refractivity contribution in [2.75, 3.05) is 6.61 Å². The van der Waals surface area contributed by atoms with Gasteiger partial charge >= 0.3 is 0 Å². The van der Waals surface area contributed by atoms with Crippen LogP contribution in [0.2, 0.25) is 0 Å². The monoisotopic (exact) mass is 206 g/mol. The first-order valence-corrected chi connectivity index (χ1v) is 5.53. The molecule has 1 heterocycles. The summed E-state index contributed by atoms with van der Waals surface area (Å²) in [4.78, 5) is 0. The van der Waals surface area contributed by atoms with Gasteiger partial charge < -0.3 is 9.47 Å². The van der Waals surface area contributed by atoms with Gasteiger partial charge in [-0.25, -0.2) is 0 Å². The molecule has 2 atom stereocenters. The molecule has 0 amide bonds. The maximum atomic E-state index is 5.63. The van der Waals surface area contributed by atoms with Gasteiger partial charge in [-0.05, 0) is 18.4 Å². The van der Waals surface area contributed by atoms with Crippen molar-refractivity contribution in [3.63, 3.8) is 0 Å². The number of rotatable bonds is 2. The van der Waals surface area contributed by atoms with Crippen LogP contribution >= 0.6 is 0 Å². The van der Waals surface area contributed by atoms with Crippen LogP contribution in [-0.2, 0) is 9.47 Å². The summed E-state index contributed by atoms with van der Waals surface area (Å²) in [5.74, 6) is 0.573. The Hall–Kier alpha value is -0.860. The zero-order chi connectivity index (χ0) is 10.8. The van der Waals surface area contributed by atoms with E-state index < -0.39 is 0 Å². The molecule has 2 rings (SSSR count). The maximum absolute atomic E-state index is 5.63. The minimum absolute atomic E-state index is 0.166. The van der Waals surface area contributed by atoms with Crippen LogP contribution in [0, 0.1) is 0 Å². The van der Waals surface area contributed by atoms with Crippen molar-refractivity contribution in [1.82, 2.24) is 0 Å². The van der Waals surface area contributed by atoms with Gasteiger partial charge in [-0.15, -0.1) is 0 Å². The first kappa shape index (κ1) is 10.7. The second-order valence-corrected chi connectivity index (χ2v) is 4.43. The van der Waals surface area contributed by atoms with Crippen molar-refractivity contribution in [1.29, 1.82) is 0 Å². The highest BCUT2D eigenvalue weighted by Gasteiger charge is 2.23. The Morgan fingerprint density at radius 3 is 2.33 bits per heavy atom. The lowest BCUT2D eigenvalue weighted by molar-refractivity contribution is -0.0572. The summed E-state index contributed by atoms with van der Waals surface area (Å²) in [6, 6.07) is 8.49. The third-order valence-electron chi connectivity index (χ3n) is 2.71. The third kappa shape index (κ3) is 2.39. The van der Waals surface area contributed by atoms with Gasteiger partial charge in [0.15, 0.2) is 6.29 Å². The first-order valence-electron chi connectivity index (χ1n) is 5.53. The molecule has 0 spiro atoms. The normalized spacial score (nSPS) is 26.1. The van der Waals surface area contributed by atoms with Gasteiger partial charge in [-0.1, -0.05) is 38.1 Å². The second-order valence-electron chi connectivity index (χ2n) is 4.43. The van der Waals surface area contributed by atoms with E-state index in [4.69, 9.17) is 9.47 Å². The molecule has 2 heteroatoms. The molecule has 0 saturated carbocycles. The standard InChI is InChI=1S/C13H18O2/c1-9(2)11-4-6-12(7-5-11)13-14-8-10(3)15-13/h4-7,9-10,13H,8H2,1-3H3/t10-,13-/m1/s1. The summed E-state index contributed by atoms with van der Waals surface area (Å²) in [5.41, 5.74) is 2.47. The predicted molar refractivity (Wildman–Crippen MR) is 59.8 cm³/mol. The Balaban J connectivity index is 2.10. The Bertz CT molecular complexity index is 316. The zero-order valence-corrected chi connectivity index (χ0v) is 9.57. The molecule has 82 valence electrons. The van der Waals surface area contributed by atoms with Crippen LogP contribution in [0.25, 0.3) is 0 Å². The largest absolute Gasteiger partial charge is 0.346 e. The molecule has 1 aliphatic rings. The molecule has 0 N–H and O–H groups in total. The molecule has 1 aliphatic heterocycles. The highest BCUT2D eigenvalue weighted by molar-refractivity contribution is 5.25. The molecule has 1 aromatic rings. The fraction of sp³-hybridized carbons (Fsp3) is 0.538. The minimum Gasteiger partial charge on any atom is -0.346 e. The number of ether oxygens (including phenoxy) is 2. The maximum Gasteiger partial charge on any atom is 0.184 e. The summed E-state index contributed by atoms with van der Waals surface area (Å²) in [6.07, 6.45) is 0.0426. The molecule has 0 radical (unpaired) electrons. The summed E-state index contributed by atoms with van der Waals surface area (Å²) >= 11 is 0. The lowest BCUT2D eigenvalue weighted by Crippen LogP contribution is -2.02. The van der Waals surface area contributed by atoms with Crippen molar-refractivity contribution in [3.8, 4) is 0 Å². The van der Waals surface area contributed by atoms with Crippen molar-refractivity contribution >= 4 is 0 Å². The Morgan fingerprint density at radius 2 is 1.87 bits per heavy atom. The second kappa shape index (κ2) is 4.33. The fourth-order valence-corrected chi connectivity index (χ4v) is 1.73. The number of hydrogen-bond donors (Lipinski definition) is 0.